The predicted octanol–water partition coefficient (Wildman–Crippen LogP) is 3.44. The first-order valence-corrected chi connectivity index (χ1v) is 7.66. The van der Waals surface area contributed by atoms with E-state index >= 15 is 0 Å². The second kappa shape index (κ2) is 7.76. The van der Waals surface area contributed by atoms with Crippen molar-refractivity contribution < 1.29 is 9.90 Å². The predicted molar refractivity (Wildman–Crippen MR) is 88.8 cm³/mol. The molecule has 3 nitrogen and oxygen atoms in total. The maximum absolute atomic E-state index is 12.6. The summed E-state index contributed by atoms with van der Waals surface area (Å²) >= 11 is 0. The lowest BCUT2D eigenvalue weighted by molar-refractivity contribution is 0.0708. The van der Waals surface area contributed by atoms with Gasteiger partial charge >= 0.3 is 0 Å². The maximum atomic E-state index is 12.6. The summed E-state index contributed by atoms with van der Waals surface area (Å²) in [6.07, 6.45) is 0. The first kappa shape index (κ1) is 16.2. The number of hydrogen-bond donors (Lipinski definition) is 1. The highest BCUT2D eigenvalue weighted by molar-refractivity contribution is 5.94. The van der Waals surface area contributed by atoms with E-state index in [1.54, 1.807) is 4.90 Å². The van der Waals surface area contributed by atoms with E-state index in [1.165, 1.54) is 5.56 Å². The molecule has 1 amide bonds. The lowest BCUT2D eigenvalue weighted by atomic mass is 10.0. The number of nitrogens with zero attached hydrogens (tertiary/aromatic N) is 1. The third-order valence-electron chi connectivity index (χ3n) is 3.70. The summed E-state index contributed by atoms with van der Waals surface area (Å²) in [7, 11) is 0. The topological polar surface area (TPSA) is 40.5 Å². The molecule has 116 valence electrons. The van der Waals surface area contributed by atoms with Crippen LogP contribution >= 0.6 is 0 Å². The zero-order valence-electron chi connectivity index (χ0n) is 13.2. The van der Waals surface area contributed by atoms with Gasteiger partial charge in [0.15, 0.2) is 0 Å². The van der Waals surface area contributed by atoms with E-state index in [0.717, 1.165) is 5.56 Å². The van der Waals surface area contributed by atoms with Gasteiger partial charge in [0.1, 0.15) is 0 Å². The summed E-state index contributed by atoms with van der Waals surface area (Å²) in [5.74, 6) is 0.398. The molecule has 1 N–H and O–H groups in total. The highest BCUT2D eigenvalue weighted by Crippen LogP contribution is 2.16. The molecule has 0 aliphatic rings. The van der Waals surface area contributed by atoms with E-state index < -0.39 is 0 Å². The molecule has 0 aromatic heterocycles. The molecule has 0 spiro atoms. The molecule has 0 heterocycles. The van der Waals surface area contributed by atoms with Gasteiger partial charge in [-0.15, -0.1) is 0 Å². The van der Waals surface area contributed by atoms with Gasteiger partial charge in [0.25, 0.3) is 5.91 Å². The standard InChI is InChI=1S/C19H23NO2/c1-15(2)17-8-10-18(11-9-17)19(22)20(12-13-21)14-16-6-4-3-5-7-16/h3-11,15,21H,12-14H2,1-2H3. The molecule has 2 aromatic rings. The Morgan fingerprint density at radius 2 is 1.68 bits per heavy atom. The Morgan fingerprint density at radius 3 is 2.23 bits per heavy atom. The van der Waals surface area contributed by atoms with E-state index in [4.69, 9.17) is 0 Å². The third-order valence-corrected chi connectivity index (χ3v) is 3.70. The van der Waals surface area contributed by atoms with Crippen LogP contribution in [0.2, 0.25) is 0 Å². The number of aliphatic hydroxyl groups excluding tert-OH is 1. The summed E-state index contributed by atoms with van der Waals surface area (Å²) in [6.45, 7) is 5.06. The lowest BCUT2D eigenvalue weighted by Crippen LogP contribution is -2.33. The maximum Gasteiger partial charge on any atom is 0.254 e. The molecule has 0 fully saturated rings. The number of rotatable bonds is 6. The van der Waals surface area contributed by atoms with Crippen LogP contribution in [-0.2, 0) is 6.54 Å². The van der Waals surface area contributed by atoms with E-state index in [9.17, 15) is 9.90 Å². The molecule has 0 saturated heterocycles. The van der Waals surface area contributed by atoms with Crippen LogP contribution in [0.15, 0.2) is 54.6 Å². The van der Waals surface area contributed by atoms with Crippen LogP contribution in [0.5, 0.6) is 0 Å². The van der Waals surface area contributed by atoms with Gasteiger partial charge in [0.05, 0.1) is 6.61 Å². The monoisotopic (exact) mass is 297 g/mol. The van der Waals surface area contributed by atoms with Crippen LogP contribution in [0.3, 0.4) is 0 Å². The van der Waals surface area contributed by atoms with Gasteiger partial charge in [0, 0.05) is 18.7 Å². The fourth-order valence-corrected chi connectivity index (χ4v) is 2.37. The van der Waals surface area contributed by atoms with Crippen LogP contribution in [0.4, 0.5) is 0 Å². The molecular weight excluding hydrogens is 274 g/mol. The zero-order chi connectivity index (χ0) is 15.9. The molecule has 0 aliphatic carbocycles. The average molecular weight is 297 g/mol. The number of carbonyl (C=O) groups is 1. The number of carbonyl (C=O) groups excluding carboxylic acids is 1. The summed E-state index contributed by atoms with van der Waals surface area (Å²) in [5.41, 5.74) is 2.94. The highest BCUT2D eigenvalue weighted by Gasteiger charge is 2.15. The van der Waals surface area contributed by atoms with Crippen molar-refractivity contribution in [3.05, 3.63) is 71.3 Å². The van der Waals surface area contributed by atoms with Crippen LogP contribution in [0.25, 0.3) is 0 Å². The van der Waals surface area contributed by atoms with Crippen LogP contribution in [-0.4, -0.2) is 29.1 Å². The van der Waals surface area contributed by atoms with Crippen molar-refractivity contribution in [2.75, 3.05) is 13.2 Å². The van der Waals surface area contributed by atoms with E-state index in [-0.39, 0.29) is 12.5 Å². The van der Waals surface area contributed by atoms with Gasteiger partial charge in [-0.1, -0.05) is 56.3 Å². The van der Waals surface area contributed by atoms with Gasteiger partial charge in [-0.3, -0.25) is 4.79 Å². The molecule has 0 bridgehead atoms. The number of hydrogen-bond acceptors (Lipinski definition) is 2. The lowest BCUT2D eigenvalue weighted by Gasteiger charge is -2.22. The molecule has 0 aliphatic heterocycles. The van der Waals surface area contributed by atoms with Crippen LogP contribution < -0.4 is 0 Å². The molecule has 0 unspecified atom stereocenters. The van der Waals surface area contributed by atoms with Crippen molar-refractivity contribution in [3.8, 4) is 0 Å². The molecule has 2 rings (SSSR count). The van der Waals surface area contributed by atoms with E-state index in [0.29, 0.717) is 24.6 Å². The van der Waals surface area contributed by atoms with Gasteiger partial charge in [-0.2, -0.15) is 0 Å². The smallest absolute Gasteiger partial charge is 0.254 e. The Kier molecular flexibility index (Phi) is 5.73. The quantitative estimate of drug-likeness (QED) is 0.887. The van der Waals surface area contributed by atoms with Crippen molar-refractivity contribution >= 4 is 5.91 Å². The van der Waals surface area contributed by atoms with Crippen molar-refractivity contribution in [1.82, 2.24) is 4.90 Å². The minimum atomic E-state index is -0.0480. The molecule has 2 aromatic carbocycles. The average Bonchev–Trinajstić information content (AvgIpc) is 2.55. The zero-order valence-corrected chi connectivity index (χ0v) is 13.2. The highest BCUT2D eigenvalue weighted by atomic mass is 16.3. The normalized spacial score (nSPS) is 10.7. The summed E-state index contributed by atoms with van der Waals surface area (Å²) < 4.78 is 0. The van der Waals surface area contributed by atoms with E-state index in [2.05, 4.69) is 13.8 Å². The molecule has 3 heteroatoms. The summed E-state index contributed by atoms with van der Waals surface area (Å²) in [5, 5.41) is 9.23. The van der Waals surface area contributed by atoms with Crippen LogP contribution in [0, 0.1) is 0 Å². The summed E-state index contributed by atoms with van der Waals surface area (Å²) in [6, 6.07) is 17.6. The second-order valence-electron chi connectivity index (χ2n) is 5.71. The Balaban J connectivity index is 2.15. The molecule has 0 saturated carbocycles. The van der Waals surface area contributed by atoms with Crippen molar-refractivity contribution in [1.29, 1.82) is 0 Å². The molecular formula is C19H23NO2. The second-order valence-corrected chi connectivity index (χ2v) is 5.71. The Morgan fingerprint density at radius 1 is 1.05 bits per heavy atom. The minimum Gasteiger partial charge on any atom is -0.395 e. The van der Waals surface area contributed by atoms with Crippen molar-refractivity contribution in [3.63, 3.8) is 0 Å². The molecule has 0 atom stereocenters. The number of aliphatic hydroxyl groups is 1. The van der Waals surface area contributed by atoms with Gasteiger partial charge < -0.3 is 10.0 Å². The summed E-state index contributed by atoms with van der Waals surface area (Å²) in [4.78, 5) is 14.3. The van der Waals surface area contributed by atoms with Gasteiger partial charge in [-0.25, -0.2) is 0 Å². The van der Waals surface area contributed by atoms with Crippen molar-refractivity contribution in [2.45, 2.75) is 26.3 Å². The first-order chi connectivity index (χ1) is 10.6. The molecule has 0 radical (unpaired) electrons. The first-order valence-electron chi connectivity index (χ1n) is 7.66. The van der Waals surface area contributed by atoms with Gasteiger partial charge in [0.2, 0.25) is 0 Å². The molecule has 22 heavy (non-hydrogen) atoms. The Bertz CT molecular complexity index is 591. The fourth-order valence-electron chi connectivity index (χ4n) is 2.37. The number of amides is 1. The Labute approximate surface area is 132 Å². The SMILES string of the molecule is CC(C)c1ccc(C(=O)N(CCO)Cc2ccccc2)cc1. The Hall–Kier alpha value is -2.13. The van der Waals surface area contributed by atoms with Gasteiger partial charge in [-0.05, 0) is 29.2 Å². The van der Waals surface area contributed by atoms with Crippen LogP contribution in [0.1, 0.15) is 41.3 Å². The fraction of sp³-hybridized carbons (Fsp3) is 0.316. The number of benzene rings is 2. The minimum absolute atomic E-state index is 0.0390. The largest absolute Gasteiger partial charge is 0.395 e. The third kappa shape index (κ3) is 4.18. The van der Waals surface area contributed by atoms with Crippen molar-refractivity contribution in [2.24, 2.45) is 0 Å². The van der Waals surface area contributed by atoms with E-state index in [1.807, 2.05) is 54.6 Å².